The molecule has 0 fully saturated rings. The molecular weight excluding hydrogens is 204 g/mol. The summed E-state index contributed by atoms with van der Waals surface area (Å²) < 4.78 is 0. The van der Waals surface area contributed by atoms with E-state index in [0.29, 0.717) is 0 Å². The van der Waals surface area contributed by atoms with Gasteiger partial charge in [-0.15, -0.1) is 0 Å². The van der Waals surface area contributed by atoms with Gasteiger partial charge < -0.3 is 0 Å². The highest BCUT2D eigenvalue weighted by Gasteiger charge is 2.15. The first-order chi connectivity index (χ1) is 8.18. The number of rotatable bonds is 2. The maximum Gasteiger partial charge on any atom is 0.128 e. The van der Waals surface area contributed by atoms with Crippen LogP contribution in [0.25, 0.3) is 5.57 Å². The van der Waals surface area contributed by atoms with Crippen LogP contribution in [-0.4, -0.2) is 0 Å². The lowest BCUT2D eigenvalue weighted by molar-refractivity contribution is 1.30. The Morgan fingerprint density at radius 3 is 2.12 bits per heavy atom. The van der Waals surface area contributed by atoms with E-state index in [9.17, 15) is 0 Å². The van der Waals surface area contributed by atoms with Crippen LogP contribution in [0.3, 0.4) is 0 Å². The summed E-state index contributed by atoms with van der Waals surface area (Å²) >= 11 is 0. The van der Waals surface area contributed by atoms with Gasteiger partial charge in [-0.3, -0.25) is 0 Å². The molecule has 1 aromatic carbocycles. The first-order valence-corrected chi connectivity index (χ1v) is 5.69. The van der Waals surface area contributed by atoms with Crippen LogP contribution in [0.5, 0.6) is 0 Å². The molecule has 1 radical (unpaired) electrons. The van der Waals surface area contributed by atoms with E-state index >= 15 is 0 Å². The zero-order valence-electron chi connectivity index (χ0n) is 10.1. The molecule has 0 atom stereocenters. The van der Waals surface area contributed by atoms with Gasteiger partial charge >= 0.3 is 0 Å². The quantitative estimate of drug-likeness (QED) is 0.641. The Balaban J connectivity index is 2.51. The summed E-state index contributed by atoms with van der Waals surface area (Å²) in [6.45, 7) is 10.1. The van der Waals surface area contributed by atoms with Crippen LogP contribution in [0.15, 0.2) is 72.4 Å². The first kappa shape index (κ1) is 11.5. The molecule has 0 spiro atoms. The summed E-state index contributed by atoms with van der Waals surface area (Å²) in [5.74, 6) is 1.26. The van der Waals surface area contributed by atoms with Crippen LogP contribution >= 0.6 is 0 Å². The van der Waals surface area contributed by atoms with Crippen LogP contribution in [0.1, 0.15) is 12.5 Å². The van der Waals surface area contributed by atoms with Crippen molar-refractivity contribution in [2.24, 2.45) is 0 Å². The number of allylic oxidation sites excluding steroid dienone is 7. The molecule has 0 heterocycles. The van der Waals surface area contributed by atoms with Crippen molar-refractivity contribution < 1.29 is 0 Å². The summed E-state index contributed by atoms with van der Waals surface area (Å²) in [6, 6.07) is 10.3. The zero-order chi connectivity index (χ0) is 12.3. The van der Waals surface area contributed by atoms with Crippen molar-refractivity contribution in [2.75, 3.05) is 0 Å². The third-order valence-electron chi connectivity index (χ3n) is 2.76. The van der Waals surface area contributed by atoms with Gasteiger partial charge in [0.25, 0.3) is 0 Å². The van der Waals surface area contributed by atoms with Crippen LogP contribution in [0.2, 0.25) is 0 Å². The van der Waals surface area contributed by atoms with E-state index < -0.39 is 0 Å². The molecule has 1 aliphatic carbocycles. The van der Waals surface area contributed by atoms with Crippen molar-refractivity contribution >= 4 is 5.57 Å². The van der Waals surface area contributed by atoms with Gasteiger partial charge in [-0.25, -0.2) is 0 Å². The molecule has 0 bridgehead atoms. The highest BCUT2D eigenvalue weighted by atomic mass is 14.1. The molecule has 0 saturated carbocycles. The lowest BCUT2D eigenvalue weighted by atomic mass is 9.91. The van der Waals surface area contributed by atoms with Crippen LogP contribution in [0, 0.1) is 12.8 Å². The minimum absolute atomic E-state index is 0.847. The van der Waals surface area contributed by atoms with E-state index in [-0.39, 0.29) is 0 Å². The Labute approximate surface area is 104 Å². The highest BCUT2D eigenvalue weighted by Crippen LogP contribution is 2.29. The van der Waals surface area contributed by atoms with E-state index in [0.717, 1.165) is 16.7 Å². The van der Waals surface area contributed by atoms with Gasteiger partial charge in [-0.05, 0) is 24.3 Å². The molecule has 0 amide bonds. The number of hydrogen-bond donors (Lipinski definition) is 0. The smallest absolute Gasteiger partial charge is 0.0718 e. The Hall–Kier alpha value is -1.95. The summed E-state index contributed by atoms with van der Waals surface area (Å²) in [5.41, 5.74) is 4.30. The van der Waals surface area contributed by atoms with Crippen LogP contribution in [-0.2, 0) is 0 Å². The van der Waals surface area contributed by atoms with Gasteiger partial charge in [0, 0.05) is 30.6 Å². The molecule has 0 unspecified atom stereocenters. The lowest BCUT2D eigenvalue weighted by Gasteiger charge is -2.08. The summed E-state index contributed by atoms with van der Waals surface area (Å²) in [5, 5.41) is 0. The molecule has 17 heavy (non-hydrogen) atoms. The minimum Gasteiger partial charge on any atom is -0.0718 e. The molecule has 1 aliphatic rings. The van der Waals surface area contributed by atoms with E-state index in [1.54, 1.807) is 0 Å². The SMILES string of the molecule is C=C([CH2+])C(=C1C=C[C](C)C=C1)c1ccccc1. The Morgan fingerprint density at radius 1 is 1.00 bits per heavy atom. The fourth-order valence-corrected chi connectivity index (χ4v) is 1.90. The van der Waals surface area contributed by atoms with Crippen molar-refractivity contribution in [1.82, 2.24) is 0 Å². The van der Waals surface area contributed by atoms with Crippen molar-refractivity contribution in [3.8, 4) is 0 Å². The predicted molar refractivity (Wildman–Crippen MR) is 75.1 cm³/mol. The summed E-state index contributed by atoms with van der Waals surface area (Å²) in [7, 11) is 0. The molecule has 1 aromatic rings. The topological polar surface area (TPSA) is 0 Å². The number of benzene rings is 1. The van der Waals surface area contributed by atoms with Crippen LogP contribution in [0.4, 0.5) is 0 Å². The van der Waals surface area contributed by atoms with E-state index in [1.165, 1.54) is 11.5 Å². The second-order valence-electron chi connectivity index (χ2n) is 4.21. The normalized spacial score (nSPS) is 15.0. The first-order valence-electron chi connectivity index (χ1n) is 5.69. The monoisotopic (exact) mass is 220 g/mol. The van der Waals surface area contributed by atoms with Gasteiger partial charge in [0.1, 0.15) is 5.57 Å². The van der Waals surface area contributed by atoms with E-state index in [4.69, 9.17) is 0 Å². The maximum absolute atomic E-state index is 3.98. The molecule has 0 saturated heterocycles. The lowest BCUT2D eigenvalue weighted by Crippen LogP contribution is -1.94. The second-order valence-corrected chi connectivity index (χ2v) is 4.21. The molecule has 0 aliphatic heterocycles. The maximum atomic E-state index is 3.98. The number of hydrogen-bond acceptors (Lipinski definition) is 0. The van der Waals surface area contributed by atoms with Gasteiger partial charge in [0.05, 0.1) is 5.57 Å². The minimum atomic E-state index is 0.847. The van der Waals surface area contributed by atoms with Gasteiger partial charge in [0.15, 0.2) is 0 Å². The van der Waals surface area contributed by atoms with Gasteiger partial charge in [0.2, 0.25) is 0 Å². The zero-order valence-corrected chi connectivity index (χ0v) is 10.1. The van der Waals surface area contributed by atoms with Crippen LogP contribution < -0.4 is 0 Å². The second kappa shape index (κ2) is 4.92. The standard InChI is InChI=1S/C17H16/c1-13(2)17(15-7-5-4-6-8-15)16-11-9-14(3)10-12-16/h4-12H,1-2H2,3H3/q+1. The van der Waals surface area contributed by atoms with Crippen molar-refractivity contribution in [2.45, 2.75) is 6.92 Å². The van der Waals surface area contributed by atoms with E-state index in [1.807, 2.05) is 18.2 Å². The summed E-state index contributed by atoms with van der Waals surface area (Å²) in [4.78, 5) is 0. The summed E-state index contributed by atoms with van der Waals surface area (Å²) in [6.07, 6.45) is 8.46. The fraction of sp³-hybridized carbons (Fsp3) is 0.0588. The van der Waals surface area contributed by atoms with Crippen molar-refractivity contribution in [3.63, 3.8) is 0 Å². The molecule has 0 heteroatoms. The molecule has 0 N–H and O–H groups in total. The fourth-order valence-electron chi connectivity index (χ4n) is 1.90. The van der Waals surface area contributed by atoms with Crippen molar-refractivity contribution in [1.29, 1.82) is 0 Å². The molecule has 0 nitrogen and oxygen atoms in total. The Morgan fingerprint density at radius 2 is 1.59 bits per heavy atom. The van der Waals surface area contributed by atoms with Gasteiger partial charge in [-0.2, -0.15) is 0 Å². The third kappa shape index (κ3) is 2.59. The molecule has 2 rings (SSSR count). The average Bonchev–Trinajstić information content (AvgIpc) is 2.33. The molecular formula is C17H16+. The highest BCUT2D eigenvalue weighted by molar-refractivity contribution is 5.85. The van der Waals surface area contributed by atoms with Gasteiger partial charge in [-0.1, -0.05) is 37.3 Å². The largest absolute Gasteiger partial charge is 0.128 e. The van der Waals surface area contributed by atoms with Crippen molar-refractivity contribution in [3.05, 3.63) is 90.8 Å². The predicted octanol–water partition coefficient (Wildman–Crippen LogP) is 4.55. The van der Waals surface area contributed by atoms with E-state index in [2.05, 4.69) is 56.9 Å². The molecule has 83 valence electrons. The Bertz CT molecular complexity index is 482. The Kier molecular flexibility index (Phi) is 3.34. The average molecular weight is 220 g/mol. The molecule has 0 aromatic heterocycles. The third-order valence-corrected chi connectivity index (χ3v) is 2.76.